The highest BCUT2D eigenvalue weighted by Gasteiger charge is 2.28. The standard InChI is InChI=1S/C12H26N4O2/c1-12(2,3)18-11(17)16-8-6-15(7-9-16)10(13)14(4)5/h10H,6-9,13H2,1-5H3. The molecule has 0 spiro atoms. The Hall–Kier alpha value is -0.850. The van der Waals surface area contributed by atoms with E-state index >= 15 is 0 Å². The van der Waals surface area contributed by atoms with E-state index in [0.717, 1.165) is 13.1 Å². The lowest BCUT2D eigenvalue weighted by molar-refractivity contribution is -0.00156. The van der Waals surface area contributed by atoms with Gasteiger partial charge >= 0.3 is 6.09 Å². The highest BCUT2D eigenvalue weighted by molar-refractivity contribution is 5.68. The van der Waals surface area contributed by atoms with Gasteiger partial charge in [-0.15, -0.1) is 0 Å². The van der Waals surface area contributed by atoms with Crippen LogP contribution in [0.15, 0.2) is 0 Å². The Morgan fingerprint density at radius 1 is 1.22 bits per heavy atom. The largest absolute Gasteiger partial charge is 0.444 e. The fourth-order valence-electron chi connectivity index (χ4n) is 1.82. The first-order valence-corrected chi connectivity index (χ1v) is 6.35. The molecule has 2 N–H and O–H groups in total. The molecule has 0 aromatic rings. The molecule has 0 aromatic carbocycles. The molecule has 0 radical (unpaired) electrons. The third-order valence-corrected chi connectivity index (χ3v) is 2.87. The van der Waals surface area contributed by atoms with E-state index in [0.29, 0.717) is 13.1 Å². The van der Waals surface area contributed by atoms with Crippen molar-refractivity contribution in [3.63, 3.8) is 0 Å². The second kappa shape index (κ2) is 5.86. The number of hydrogen-bond acceptors (Lipinski definition) is 5. The van der Waals surface area contributed by atoms with Crippen LogP contribution in [0.5, 0.6) is 0 Å². The molecule has 1 saturated heterocycles. The molecule has 1 fully saturated rings. The molecule has 0 bridgehead atoms. The van der Waals surface area contributed by atoms with Gasteiger partial charge < -0.3 is 15.4 Å². The van der Waals surface area contributed by atoms with Crippen molar-refractivity contribution >= 4 is 6.09 Å². The number of amides is 1. The first kappa shape index (κ1) is 15.2. The minimum absolute atomic E-state index is 0.0919. The van der Waals surface area contributed by atoms with E-state index in [9.17, 15) is 4.79 Å². The van der Waals surface area contributed by atoms with Crippen LogP contribution in [0.4, 0.5) is 4.79 Å². The van der Waals surface area contributed by atoms with Gasteiger partial charge in [0.05, 0.1) is 0 Å². The first-order chi connectivity index (χ1) is 8.20. The number of hydrogen-bond donors (Lipinski definition) is 1. The van der Waals surface area contributed by atoms with E-state index in [1.54, 1.807) is 4.90 Å². The Morgan fingerprint density at radius 3 is 2.11 bits per heavy atom. The molecule has 18 heavy (non-hydrogen) atoms. The molecule has 1 heterocycles. The summed E-state index contributed by atoms with van der Waals surface area (Å²) in [5, 5.41) is 0. The molecular weight excluding hydrogens is 232 g/mol. The smallest absolute Gasteiger partial charge is 0.410 e. The van der Waals surface area contributed by atoms with E-state index in [-0.39, 0.29) is 12.4 Å². The van der Waals surface area contributed by atoms with Crippen LogP contribution in [-0.4, -0.2) is 73.0 Å². The fourth-order valence-corrected chi connectivity index (χ4v) is 1.82. The van der Waals surface area contributed by atoms with Crippen molar-refractivity contribution in [1.29, 1.82) is 0 Å². The minimum atomic E-state index is -0.436. The van der Waals surface area contributed by atoms with Crippen LogP contribution in [-0.2, 0) is 4.74 Å². The number of carbonyl (C=O) groups is 1. The number of nitrogens with two attached hydrogens (primary N) is 1. The van der Waals surface area contributed by atoms with Crippen LogP contribution in [0.1, 0.15) is 20.8 Å². The normalized spacial score (nSPS) is 20.1. The van der Waals surface area contributed by atoms with Gasteiger partial charge in [0, 0.05) is 26.2 Å². The Morgan fingerprint density at radius 2 is 1.72 bits per heavy atom. The predicted molar refractivity (Wildman–Crippen MR) is 71.0 cm³/mol. The van der Waals surface area contributed by atoms with Gasteiger partial charge in [-0.2, -0.15) is 0 Å². The average Bonchev–Trinajstić information content (AvgIpc) is 2.26. The van der Waals surface area contributed by atoms with E-state index in [2.05, 4.69) is 4.90 Å². The van der Waals surface area contributed by atoms with Gasteiger partial charge in [-0.05, 0) is 34.9 Å². The summed E-state index contributed by atoms with van der Waals surface area (Å²) in [6.45, 7) is 8.51. The zero-order valence-electron chi connectivity index (χ0n) is 12.1. The topological polar surface area (TPSA) is 62.0 Å². The summed E-state index contributed by atoms with van der Waals surface area (Å²) < 4.78 is 5.35. The van der Waals surface area contributed by atoms with E-state index in [1.807, 2.05) is 39.8 Å². The second-order valence-corrected chi connectivity index (χ2v) is 5.88. The lowest BCUT2D eigenvalue weighted by Gasteiger charge is -2.40. The molecule has 0 saturated carbocycles. The van der Waals surface area contributed by atoms with Crippen LogP contribution >= 0.6 is 0 Å². The predicted octanol–water partition coefficient (Wildman–Crippen LogP) is 0.343. The van der Waals surface area contributed by atoms with Crippen molar-refractivity contribution in [1.82, 2.24) is 14.7 Å². The summed E-state index contributed by atoms with van der Waals surface area (Å²) in [4.78, 5) is 17.7. The number of ether oxygens (including phenoxy) is 1. The third kappa shape index (κ3) is 4.44. The summed E-state index contributed by atoms with van der Waals surface area (Å²) >= 11 is 0. The lowest BCUT2D eigenvalue weighted by atomic mass is 10.2. The molecule has 6 nitrogen and oxygen atoms in total. The van der Waals surface area contributed by atoms with Gasteiger partial charge in [-0.1, -0.05) is 0 Å². The summed E-state index contributed by atoms with van der Waals surface area (Å²) in [7, 11) is 3.90. The van der Waals surface area contributed by atoms with Gasteiger partial charge in [0.15, 0.2) is 0 Å². The van der Waals surface area contributed by atoms with Gasteiger partial charge in [-0.25, -0.2) is 4.79 Å². The van der Waals surface area contributed by atoms with E-state index < -0.39 is 5.60 Å². The molecule has 106 valence electrons. The molecule has 1 aliphatic rings. The third-order valence-electron chi connectivity index (χ3n) is 2.87. The van der Waals surface area contributed by atoms with Gasteiger partial charge in [-0.3, -0.25) is 9.80 Å². The molecule has 1 unspecified atom stereocenters. The average molecular weight is 258 g/mol. The van der Waals surface area contributed by atoms with E-state index in [1.165, 1.54) is 0 Å². The Kier molecular flexibility index (Phi) is 4.95. The summed E-state index contributed by atoms with van der Waals surface area (Å²) in [6, 6.07) is 0. The lowest BCUT2D eigenvalue weighted by Crippen LogP contribution is -2.59. The van der Waals surface area contributed by atoms with Crippen molar-refractivity contribution in [2.75, 3.05) is 40.3 Å². The van der Waals surface area contributed by atoms with Crippen LogP contribution in [0, 0.1) is 0 Å². The first-order valence-electron chi connectivity index (χ1n) is 6.35. The summed E-state index contributed by atoms with van der Waals surface area (Å²) in [5.41, 5.74) is 5.60. The highest BCUT2D eigenvalue weighted by atomic mass is 16.6. The number of carbonyl (C=O) groups excluding carboxylic acids is 1. The Labute approximate surface area is 110 Å². The highest BCUT2D eigenvalue weighted by Crippen LogP contribution is 2.12. The van der Waals surface area contributed by atoms with Crippen molar-refractivity contribution in [2.45, 2.75) is 32.7 Å². The maximum absolute atomic E-state index is 11.9. The zero-order valence-corrected chi connectivity index (χ0v) is 12.1. The van der Waals surface area contributed by atoms with Gasteiger partial charge in [0.2, 0.25) is 0 Å². The molecule has 1 amide bonds. The second-order valence-electron chi connectivity index (χ2n) is 5.88. The fraction of sp³-hybridized carbons (Fsp3) is 0.917. The maximum atomic E-state index is 11.9. The summed E-state index contributed by atoms with van der Waals surface area (Å²) in [5.74, 6) is 0. The van der Waals surface area contributed by atoms with Crippen LogP contribution < -0.4 is 5.73 Å². The molecular formula is C12H26N4O2. The van der Waals surface area contributed by atoms with Crippen LogP contribution in [0.25, 0.3) is 0 Å². The molecule has 1 atom stereocenters. The number of nitrogens with zero attached hydrogens (tertiary/aromatic N) is 3. The van der Waals surface area contributed by atoms with Crippen molar-refractivity contribution < 1.29 is 9.53 Å². The number of rotatable bonds is 2. The maximum Gasteiger partial charge on any atom is 0.410 e. The Balaban J connectivity index is 2.42. The quantitative estimate of drug-likeness (QED) is 0.724. The SMILES string of the molecule is CN(C)C(N)N1CCN(C(=O)OC(C)(C)C)CC1. The van der Waals surface area contributed by atoms with Crippen LogP contribution in [0.3, 0.4) is 0 Å². The zero-order chi connectivity index (χ0) is 13.9. The van der Waals surface area contributed by atoms with Crippen molar-refractivity contribution in [3.8, 4) is 0 Å². The Bertz CT molecular complexity index is 280. The monoisotopic (exact) mass is 258 g/mol. The van der Waals surface area contributed by atoms with Crippen molar-refractivity contribution in [3.05, 3.63) is 0 Å². The minimum Gasteiger partial charge on any atom is -0.444 e. The van der Waals surface area contributed by atoms with Gasteiger partial charge in [0.25, 0.3) is 0 Å². The molecule has 0 aliphatic carbocycles. The van der Waals surface area contributed by atoms with Gasteiger partial charge in [0.1, 0.15) is 11.9 Å². The van der Waals surface area contributed by atoms with Crippen molar-refractivity contribution in [2.24, 2.45) is 5.73 Å². The van der Waals surface area contributed by atoms with Crippen LogP contribution in [0.2, 0.25) is 0 Å². The molecule has 6 heteroatoms. The molecule has 1 rings (SSSR count). The summed E-state index contributed by atoms with van der Waals surface area (Å²) in [6.07, 6.45) is -0.327. The van der Waals surface area contributed by atoms with E-state index in [4.69, 9.17) is 10.5 Å². The molecule has 0 aromatic heterocycles. The molecule has 1 aliphatic heterocycles. The number of piperazine rings is 1.